The molecule has 1 aromatic carbocycles. The van der Waals surface area contributed by atoms with E-state index in [2.05, 4.69) is 0 Å². The summed E-state index contributed by atoms with van der Waals surface area (Å²) in [4.78, 5) is 24.2. The van der Waals surface area contributed by atoms with Gasteiger partial charge >= 0.3 is 0 Å². The molecule has 15 heavy (non-hydrogen) atoms. The number of benzene rings is 1. The van der Waals surface area contributed by atoms with E-state index in [0.717, 1.165) is 5.69 Å². The van der Waals surface area contributed by atoms with E-state index in [1.54, 1.807) is 4.90 Å². The van der Waals surface area contributed by atoms with Crippen LogP contribution >= 0.6 is 11.6 Å². The lowest BCUT2D eigenvalue weighted by Crippen LogP contribution is -2.24. The Morgan fingerprint density at radius 1 is 1.33 bits per heavy atom. The molecule has 1 aromatic rings. The number of rotatable bonds is 2. The van der Waals surface area contributed by atoms with E-state index in [1.165, 1.54) is 0 Å². The number of anilines is 1. The van der Waals surface area contributed by atoms with Crippen LogP contribution in [0.5, 0.6) is 0 Å². The van der Waals surface area contributed by atoms with E-state index < -0.39 is 5.24 Å². The number of hydrogen-bond acceptors (Lipinski definition) is 2. The minimum Gasteiger partial charge on any atom is -0.312 e. The fourth-order valence-corrected chi connectivity index (χ4v) is 1.86. The molecule has 0 unspecified atom stereocenters. The lowest BCUT2D eigenvalue weighted by atomic mass is 10.1. The molecule has 0 aliphatic carbocycles. The first-order valence-electron chi connectivity index (χ1n) is 4.73. The highest BCUT2D eigenvalue weighted by Crippen LogP contribution is 2.25. The molecule has 1 aliphatic heterocycles. The van der Waals surface area contributed by atoms with Crippen molar-refractivity contribution in [2.24, 2.45) is 5.92 Å². The summed E-state index contributed by atoms with van der Waals surface area (Å²) < 4.78 is 0. The fourth-order valence-electron chi connectivity index (χ4n) is 1.72. The summed E-state index contributed by atoms with van der Waals surface area (Å²) in [5, 5.41) is -0.429. The Bertz CT molecular complexity index is 391. The molecule has 0 bridgehead atoms. The second kappa shape index (κ2) is 4.03. The van der Waals surface area contributed by atoms with E-state index in [-0.39, 0.29) is 18.2 Å². The molecule has 1 heterocycles. The highest BCUT2D eigenvalue weighted by atomic mass is 35.5. The van der Waals surface area contributed by atoms with Gasteiger partial charge in [0.1, 0.15) is 0 Å². The average molecular weight is 224 g/mol. The highest BCUT2D eigenvalue weighted by Gasteiger charge is 2.33. The molecule has 4 heteroatoms. The number of carbonyl (C=O) groups is 2. The number of carbonyl (C=O) groups excluding carboxylic acids is 2. The van der Waals surface area contributed by atoms with Crippen molar-refractivity contribution < 1.29 is 9.59 Å². The highest BCUT2D eigenvalue weighted by molar-refractivity contribution is 6.64. The van der Waals surface area contributed by atoms with Crippen molar-refractivity contribution in [3.05, 3.63) is 30.3 Å². The Morgan fingerprint density at radius 2 is 2.00 bits per heavy atom. The topological polar surface area (TPSA) is 37.4 Å². The van der Waals surface area contributed by atoms with Gasteiger partial charge in [-0.2, -0.15) is 0 Å². The molecule has 0 radical (unpaired) electrons. The fraction of sp³-hybridized carbons (Fsp3) is 0.273. The standard InChI is InChI=1S/C11H10ClNO2/c12-11(15)8-6-10(14)13(7-8)9-4-2-1-3-5-9/h1-5,8H,6-7H2/t8-/m0/s1. The zero-order valence-electron chi connectivity index (χ0n) is 8.02. The zero-order chi connectivity index (χ0) is 10.8. The minimum atomic E-state index is -0.429. The summed E-state index contributed by atoms with van der Waals surface area (Å²) in [6.45, 7) is 0.394. The Balaban J connectivity index is 2.19. The largest absolute Gasteiger partial charge is 0.312 e. The summed E-state index contributed by atoms with van der Waals surface area (Å²) in [5.74, 6) is -0.403. The van der Waals surface area contributed by atoms with Crippen molar-refractivity contribution in [2.45, 2.75) is 6.42 Å². The third-order valence-electron chi connectivity index (χ3n) is 2.51. The molecule has 2 rings (SSSR count). The van der Waals surface area contributed by atoms with Crippen LogP contribution in [0, 0.1) is 5.92 Å². The predicted molar refractivity (Wildman–Crippen MR) is 57.8 cm³/mol. The van der Waals surface area contributed by atoms with Gasteiger partial charge in [0.15, 0.2) is 0 Å². The van der Waals surface area contributed by atoms with Crippen LogP contribution < -0.4 is 4.90 Å². The molecule has 1 amide bonds. The maximum Gasteiger partial charge on any atom is 0.227 e. The van der Waals surface area contributed by atoms with Crippen LogP contribution in [0.1, 0.15) is 6.42 Å². The van der Waals surface area contributed by atoms with Gasteiger partial charge in [-0.3, -0.25) is 9.59 Å². The molecular formula is C11H10ClNO2. The number of hydrogen-bond donors (Lipinski definition) is 0. The van der Waals surface area contributed by atoms with Gasteiger partial charge in [0, 0.05) is 18.7 Å². The SMILES string of the molecule is O=C(Cl)[C@H]1CC(=O)N(c2ccccc2)C1. The summed E-state index contributed by atoms with van der Waals surface area (Å²) in [5.41, 5.74) is 0.822. The van der Waals surface area contributed by atoms with E-state index in [0.29, 0.717) is 6.54 Å². The van der Waals surface area contributed by atoms with Crippen LogP contribution in [0.2, 0.25) is 0 Å². The summed E-state index contributed by atoms with van der Waals surface area (Å²) >= 11 is 5.38. The van der Waals surface area contributed by atoms with Crippen LogP contribution in [-0.2, 0) is 9.59 Å². The van der Waals surface area contributed by atoms with Gasteiger partial charge in [-0.15, -0.1) is 0 Å². The first kappa shape index (κ1) is 10.2. The Hall–Kier alpha value is -1.35. The third-order valence-corrected chi connectivity index (χ3v) is 2.82. The second-order valence-electron chi connectivity index (χ2n) is 3.55. The number of amides is 1. The maximum absolute atomic E-state index is 11.6. The van der Waals surface area contributed by atoms with Gasteiger partial charge in [-0.1, -0.05) is 18.2 Å². The molecule has 1 fully saturated rings. The molecular weight excluding hydrogens is 214 g/mol. The van der Waals surface area contributed by atoms with E-state index in [9.17, 15) is 9.59 Å². The summed E-state index contributed by atoms with van der Waals surface area (Å²) in [7, 11) is 0. The smallest absolute Gasteiger partial charge is 0.227 e. The first-order valence-corrected chi connectivity index (χ1v) is 5.11. The maximum atomic E-state index is 11.6. The Labute approximate surface area is 92.6 Å². The number of nitrogens with zero attached hydrogens (tertiary/aromatic N) is 1. The van der Waals surface area contributed by atoms with Crippen LogP contribution in [0.15, 0.2) is 30.3 Å². The van der Waals surface area contributed by atoms with Crippen molar-refractivity contribution in [2.75, 3.05) is 11.4 Å². The molecule has 1 atom stereocenters. The third kappa shape index (κ3) is 2.02. The quantitative estimate of drug-likeness (QED) is 0.717. The van der Waals surface area contributed by atoms with Crippen LogP contribution in [0.4, 0.5) is 5.69 Å². The zero-order valence-corrected chi connectivity index (χ0v) is 8.78. The summed E-state index contributed by atoms with van der Waals surface area (Å²) in [6, 6.07) is 9.29. The molecule has 1 saturated heterocycles. The van der Waals surface area contributed by atoms with Gasteiger partial charge in [-0.25, -0.2) is 0 Å². The second-order valence-corrected chi connectivity index (χ2v) is 3.92. The van der Waals surface area contributed by atoms with E-state index in [4.69, 9.17) is 11.6 Å². The first-order chi connectivity index (χ1) is 7.18. The molecule has 0 saturated carbocycles. The lowest BCUT2D eigenvalue weighted by Gasteiger charge is -2.15. The van der Waals surface area contributed by atoms with Gasteiger partial charge in [0.2, 0.25) is 11.1 Å². The Morgan fingerprint density at radius 3 is 2.53 bits per heavy atom. The molecule has 0 aromatic heterocycles. The lowest BCUT2D eigenvalue weighted by molar-refractivity contribution is -0.120. The van der Waals surface area contributed by atoms with Gasteiger partial charge in [0.25, 0.3) is 0 Å². The number of para-hydroxylation sites is 1. The minimum absolute atomic E-state index is 0.0415. The monoisotopic (exact) mass is 223 g/mol. The normalized spacial score (nSPS) is 20.7. The van der Waals surface area contributed by atoms with Crippen molar-refractivity contribution in [1.82, 2.24) is 0 Å². The van der Waals surface area contributed by atoms with Gasteiger partial charge < -0.3 is 4.90 Å². The molecule has 1 aliphatic rings. The number of halogens is 1. The molecule has 78 valence electrons. The van der Waals surface area contributed by atoms with Crippen molar-refractivity contribution >= 4 is 28.4 Å². The van der Waals surface area contributed by atoms with Crippen LogP contribution in [0.25, 0.3) is 0 Å². The van der Waals surface area contributed by atoms with Crippen LogP contribution in [0.3, 0.4) is 0 Å². The van der Waals surface area contributed by atoms with Crippen LogP contribution in [-0.4, -0.2) is 17.7 Å². The molecule has 3 nitrogen and oxygen atoms in total. The van der Waals surface area contributed by atoms with E-state index >= 15 is 0 Å². The van der Waals surface area contributed by atoms with Crippen molar-refractivity contribution in [3.8, 4) is 0 Å². The van der Waals surface area contributed by atoms with Gasteiger partial charge in [-0.05, 0) is 23.7 Å². The van der Waals surface area contributed by atoms with Crippen molar-refractivity contribution in [3.63, 3.8) is 0 Å². The summed E-state index contributed by atoms with van der Waals surface area (Å²) in [6.07, 6.45) is 0.219. The molecule has 0 spiro atoms. The van der Waals surface area contributed by atoms with Crippen molar-refractivity contribution in [1.29, 1.82) is 0 Å². The van der Waals surface area contributed by atoms with E-state index in [1.807, 2.05) is 30.3 Å². The van der Waals surface area contributed by atoms with Gasteiger partial charge in [0.05, 0.1) is 5.92 Å². The Kier molecular flexibility index (Phi) is 2.73. The predicted octanol–water partition coefficient (Wildman–Crippen LogP) is 1.80. The molecule has 0 N–H and O–H groups in total. The average Bonchev–Trinajstić information content (AvgIpc) is 2.62.